The van der Waals surface area contributed by atoms with Gasteiger partial charge >= 0.3 is 5.97 Å². The number of amides is 2. The van der Waals surface area contributed by atoms with Crippen molar-refractivity contribution in [3.63, 3.8) is 0 Å². The largest absolute Gasteiger partial charge is 0.481 e. The number of nitrogens with zero attached hydrogens (tertiary/aromatic N) is 2. The molecule has 2 N–H and O–H groups in total. The van der Waals surface area contributed by atoms with E-state index in [4.69, 9.17) is 21.7 Å². The molecule has 7 nitrogen and oxygen atoms in total. The molecule has 4 rings (SSSR count). The standard InChI is InChI=1S/C30H34ClFIN3O4/c1-29(2,3)21-6-9-30(10-7-21)35-26(20-12-19(16-33)13-22(31)15-20)28(40)36(30)17-18-4-5-23(24(32)14-18)27(39)34-11-8-25(37)38/h4-5,12-15,21H,6-11,16-17H2,1-3H3,(H,34,39)(H,37,38). The van der Waals surface area contributed by atoms with E-state index in [1.807, 2.05) is 12.1 Å². The summed E-state index contributed by atoms with van der Waals surface area (Å²) >= 11 is 8.64. The summed E-state index contributed by atoms with van der Waals surface area (Å²) in [5.41, 5.74) is 1.84. The Balaban J connectivity index is 1.63. The Morgan fingerprint density at radius 3 is 2.48 bits per heavy atom. The van der Waals surface area contributed by atoms with Gasteiger partial charge in [0.2, 0.25) is 0 Å². The van der Waals surface area contributed by atoms with Gasteiger partial charge < -0.3 is 15.3 Å². The quantitative estimate of drug-likeness (QED) is 0.250. The number of carboxylic acids is 1. The minimum Gasteiger partial charge on any atom is -0.481 e. The number of aliphatic carboxylic acids is 1. The lowest BCUT2D eigenvalue weighted by Gasteiger charge is -2.44. The average molecular weight is 682 g/mol. The van der Waals surface area contributed by atoms with Crippen LogP contribution in [0.25, 0.3) is 0 Å². The van der Waals surface area contributed by atoms with Crippen LogP contribution in [-0.4, -0.2) is 45.7 Å². The molecule has 2 amide bonds. The van der Waals surface area contributed by atoms with Crippen molar-refractivity contribution >= 4 is 57.7 Å². The number of alkyl halides is 1. The van der Waals surface area contributed by atoms with Crippen molar-refractivity contribution in [3.8, 4) is 0 Å². The molecule has 0 aromatic heterocycles. The Kier molecular flexibility index (Phi) is 9.24. The highest BCUT2D eigenvalue weighted by molar-refractivity contribution is 14.1. The van der Waals surface area contributed by atoms with E-state index in [9.17, 15) is 14.4 Å². The molecule has 0 bridgehead atoms. The summed E-state index contributed by atoms with van der Waals surface area (Å²) < 4.78 is 15.8. The summed E-state index contributed by atoms with van der Waals surface area (Å²) in [6.07, 6.45) is 2.99. The SMILES string of the molecule is CC(C)(C)C1CCC2(CC1)N=C(c1cc(Cl)cc(CI)c1)C(=O)N2Cc1ccc(C(=O)NCCC(=O)O)c(F)c1. The van der Waals surface area contributed by atoms with E-state index in [0.29, 0.717) is 40.6 Å². The van der Waals surface area contributed by atoms with Crippen molar-refractivity contribution in [1.82, 2.24) is 10.2 Å². The number of carboxylic acid groups (broad SMARTS) is 1. The van der Waals surface area contributed by atoms with Gasteiger partial charge in [-0.1, -0.05) is 61.0 Å². The summed E-state index contributed by atoms with van der Waals surface area (Å²) in [5.74, 6) is -2.18. The van der Waals surface area contributed by atoms with Crippen LogP contribution in [0.5, 0.6) is 0 Å². The number of carbonyl (C=O) groups is 3. The Bertz CT molecular complexity index is 1350. The Morgan fingerprint density at radius 2 is 1.88 bits per heavy atom. The zero-order valence-corrected chi connectivity index (χ0v) is 25.8. The first kappa shape index (κ1) is 30.4. The third-order valence-electron chi connectivity index (χ3n) is 7.91. The fourth-order valence-corrected chi connectivity index (χ4v) is 6.33. The summed E-state index contributed by atoms with van der Waals surface area (Å²) in [7, 11) is 0. The van der Waals surface area contributed by atoms with Gasteiger partial charge in [-0.2, -0.15) is 0 Å². The lowest BCUT2D eigenvalue weighted by atomic mass is 9.69. The number of hydrogen-bond donors (Lipinski definition) is 2. The number of benzene rings is 2. The Morgan fingerprint density at radius 1 is 1.18 bits per heavy atom. The summed E-state index contributed by atoms with van der Waals surface area (Å²) in [6, 6.07) is 9.85. The molecule has 1 fully saturated rings. The van der Waals surface area contributed by atoms with E-state index in [1.54, 1.807) is 17.0 Å². The van der Waals surface area contributed by atoms with Crippen molar-refractivity contribution in [1.29, 1.82) is 0 Å². The van der Waals surface area contributed by atoms with Gasteiger partial charge in [-0.15, -0.1) is 0 Å². The maximum Gasteiger partial charge on any atom is 0.305 e. The Labute approximate surface area is 252 Å². The number of rotatable bonds is 8. The Hall–Kier alpha value is -2.53. The van der Waals surface area contributed by atoms with Crippen LogP contribution < -0.4 is 5.32 Å². The molecule has 1 saturated carbocycles. The van der Waals surface area contributed by atoms with E-state index in [-0.39, 0.29) is 36.4 Å². The molecule has 10 heteroatoms. The molecule has 1 aliphatic carbocycles. The first-order valence-electron chi connectivity index (χ1n) is 13.4. The summed E-state index contributed by atoms with van der Waals surface area (Å²) in [4.78, 5) is 43.8. The summed E-state index contributed by atoms with van der Waals surface area (Å²) in [5, 5.41) is 11.7. The maximum absolute atomic E-state index is 15.0. The molecule has 2 aromatic rings. The number of halogens is 3. The highest BCUT2D eigenvalue weighted by Crippen LogP contribution is 2.47. The molecular formula is C30H34ClFIN3O4. The molecule has 0 atom stereocenters. The average Bonchev–Trinajstić information content (AvgIpc) is 3.14. The first-order valence-corrected chi connectivity index (χ1v) is 15.3. The second-order valence-corrected chi connectivity index (χ2v) is 12.9. The lowest BCUT2D eigenvalue weighted by molar-refractivity contribution is -0.136. The van der Waals surface area contributed by atoms with Gasteiger partial charge in [0.05, 0.1) is 12.0 Å². The zero-order chi connectivity index (χ0) is 29.2. The number of nitrogens with one attached hydrogen (secondary N) is 1. The first-order chi connectivity index (χ1) is 18.8. The minimum absolute atomic E-state index is 0.0986. The smallest absolute Gasteiger partial charge is 0.305 e. The second-order valence-electron chi connectivity index (χ2n) is 11.7. The number of aliphatic imine (C=N–C) groups is 1. The number of carbonyl (C=O) groups excluding carboxylic acids is 2. The van der Waals surface area contributed by atoms with E-state index < -0.39 is 23.4 Å². The van der Waals surface area contributed by atoms with E-state index in [2.05, 4.69) is 48.7 Å². The molecule has 0 unspecified atom stereocenters. The molecule has 2 aliphatic rings. The van der Waals surface area contributed by atoms with Gasteiger partial charge in [-0.05, 0) is 78.5 Å². The van der Waals surface area contributed by atoms with Crippen molar-refractivity contribution in [2.24, 2.45) is 16.3 Å². The van der Waals surface area contributed by atoms with Crippen molar-refractivity contribution < 1.29 is 23.9 Å². The molecule has 2 aromatic carbocycles. The predicted molar refractivity (Wildman–Crippen MR) is 161 cm³/mol. The molecule has 40 heavy (non-hydrogen) atoms. The minimum atomic E-state index is -1.05. The van der Waals surface area contributed by atoms with Crippen LogP contribution in [0, 0.1) is 17.2 Å². The van der Waals surface area contributed by atoms with Gasteiger partial charge in [0.1, 0.15) is 17.2 Å². The lowest BCUT2D eigenvalue weighted by Crippen LogP contribution is -2.49. The fraction of sp³-hybridized carbons (Fsp3) is 0.467. The normalized spacial score (nSPS) is 21.1. The monoisotopic (exact) mass is 681 g/mol. The molecule has 214 valence electrons. The second kappa shape index (κ2) is 12.1. The predicted octanol–water partition coefficient (Wildman–Crippen LogP) is 6.38. The van der Waals surface area contributed by atoms with E-state index in [1.165, 1.54) is 12.1 Å². The molecule has 0 saturated heterocycles. The molecule has 1 heterocycles. The van der Waals surface area contributed by atoms with Crippen LogP contribution in [0.2, 0.25) is 5.02 Å². The van der Waals surface area contributed by atoms with Crippen LogP contribution in [0.4, 0.5) is 4.39 Å². The topological polar surface area (TPSA) is 99.1 Å². The van der Waals surface area contributed by atoms with Crippen LogP contribution in [0.1, 0.15) is 79.9 Å². The fourth-order valence-electron chi connectivity index (χ4n) is 5.63. The van der Waals surface area contributed by atoms with E-state index >= 15 is 4.39 Å². The van der Waals surface area contributed by atoms with Crippen LogP contribution in [0.3, 0.4) is 0 Å². The number of hydrogen-bond acceptors (Lipinski definition) is 4. The van der Waals surface area contributed by atoms with Gasteiger partial charge in [0.15, 0.2) is 0 Å². The third kappa shape index (κ3) is 6.67. The van der Waals surface area contributed by atoms with Crippen molar-refractivity contribution in [2.75, 3.05) is 6.54 Å². The van der Waals surface area contributed by atoms with Gasteiger partial charge in [0, 0.05) is 28.1 Å². The van der Waals surface area contributed by atoms with Crippen molar-refractivity contribution in [2.45, 2.75) is 69.5 Å². The van der Waals surface area contributed by atoms with Gasteiger partial charge in [0.25, 0.3) is 11.8 Å². The van der Waals surface area contributed by atoms with Gasteiger partial charge in [-0.3, -0.25) is 19.4 Å². The molecular weight excluding hydrogens is 648 g/mol. The van der Waals surface area contributed by atoms with Gasteiger partial charge in [-0.25, -0.2) is 4.39 Å². The van der Waals surface area contributed by atoms with Crippen molar-refractivity contribution in [3.05, 3.63) is 69.5 Å². The molecule has 0 radical (unpaired) electrons. The van der Waals surface area contributed by atoms with Crippen LogP contribution in [0.15, 0.2) is 41.4 Å². The van der Waals surface area contributed by atoms with Crippen LogP contribution >= 0.6 is 34.2 Å². The van der Waals surface area contributed by atoms with Crippen LogP contribution in [-0.2, 0) is 20.6 Å². The summed E-state index contributed by atoms with van der Waals surface area (Å²) in [6.45, 7) is 6.76. The molecule has 1 aliphatic heterocycles. The maximum atomic E-state index is 15.0. The highest BCUT2D eigenvalue weighted by atomic mass is 127. The third-order valence-corrected chi connectivity index (χ3v) is 9.01. The zero-order valence-electron chi connectivity index (χ0n) is 22.9. The highest BCUT2D eigenvalue weighted by Gasteiger charge is 2.50. The van der Waals surface area contributed by atoms with E-state index in [0.717, 1.165) is 22.8 Å². The molecule has 1 spiro atoms.